The van der Waals surface area contributed by atoms with E-state index in [1.54, 1.807) is 26.4 Å². The number of nitrogens with zero attached hydrogens (tertiary/aromatic N) is 1. The molecule has 0 spiro atoms. The van der Waals surface area contributed by atoms with Crippen LogP contribution in [-0.2, 0) is 11.2 Å². The molecular formula is C17H15ClN2O3S. The topological polar surface area (TPSA) is 60.5 Å². The minimum absolute atomic E-state index is 0.164. The molecule has 0 fully saturated rings. The van der Waals surface area contributed by atoms with Gasteiger partial charge in [-0.05, 0) is 24.3 Å². The molecular weight excluding hydrogens is 348 g/mol. The van der Waals surface area contributed by atoms with Gasteiger partial charge in [0.25, 0.3) is 0 Å². The van der Waals surface area contributed by atoms with E-state index in [9.17, 15) is 4.79 Å². The van der Waals surface area contributed by atoms with Gasteiger partial charge in [0.15, 0.2) is 16.6 Å². The fourth-order valence-electron chi connectivity index (χ4n) is 2.38. The SMILES string of the molecule is COc1cccc(CC(=O)Nc2nc3ccc(Cl)cc3s2)c1OC. The minimum Gasteiger partial charge on any atom is -0.493 e. The number of thiazole rings is 1. The molecule has 124 valence electrons. The number of ether oxygens (including phenoxy) is 2. The van der Waals surface area contributed by atoms with Crippen LogP contribution in [0.15, 0.2) is 36.4 Å². The molecule has 0 unspecified atom stereocenters. The number of carbonyl (C=O) groups is 1. The Hall–Kier alpha value is -2.31. The predicted octanol–water partition coefficient (Wildman–Crippen LogP) is 4.15. The molecule has 0 bridgehead atoms. The van der Waals surface area contributed by atoms with Gasteiger partial charge in [-0.1, -0.05) is 35.1 Å². The summed E-state index contributed by atoms with van der Waals surface area (Å²) in [5.74, 6) is 0.982. The van der Waals surface area contributed by atoms with Crippen LogP contribution in [0.4, 0.5) is 5.13 Å². The van der Waals surface area contributed by atoms with Crippen molar-refractivity contribution in [3.8, 4) is 11.5 Å². The van der Waals surface area contributed by atoms with Crippen molar-refractivity contribution in [2.75, 3.05) is 19.5 Å². The lowest BCUT2D eigenvalue weighted by Crippen LogP contribution is -2.14. The van der Waals surface area contributed by atoms with Crippen LogP contribution in [0.25, 0.3) is 10.2 Å². The highest BCUT2D eigenvalue weighted by Crippen LogP contribution is 2.32. The summed E-state index contributed by atoms with van der Waals surface area (Å²) in [4.78, 5) is 16.7. The molecule has 0 radical (unpaired) electrons. The summed E-state index contributed by atoms with van der Waals surface area (Å²) < 4.78 is 11.5. The molecule has 0 atom stereocenters. The van der Waals surface area contributed by atoms with Gasteiger partial charge in [0, 0.05) is 10.6 Å². The van der Waals surface area contributed by atoms with Gasteiger partial charge in [0.05, 0.1) is 30.9 Å². The predicted molar refractivity (Wildman–Crippen MR) is 96.5 cm³/mol. The number of rotatable bonds is 5. The number of carbonyl (C=O) groups excluding carboxylic acids is 1. The summed E-state index contributed by atoms with van der Waals surface area (Å²) in [5.41, 5.74) is 1.55. The summed E-state index contributed by atoms with van der Waals surface area (Å²) >= 11 is 7.35. The molecule has 0 saturated heterocycles. The van der Waals surface area contributed by atoms with Gasteiger partial charge in [-0.25, -0.2) is 4.98 Å². The van der Waals surface area contributed by atoms with Crippen molar-refractivity contribution in [1.29, 1.82) is 0 Å². The van der Waals surface area contributed by atoms with Crippen LogP contribution in [0.1, 0.15) is 5.56 Å². The Morgan fingerprint density at radius 1 is 1.25 bits per heavy atom. The molecule has 0 aliphatic carbocycles. The monoisotopic (exact) mass is 362 g/mol. The standard InChI is InChI=1S/C17H15ClN2O3S/c1-22-13-5-3-4-10(16(13)23-2)8-15(21)20-17-19-12-7-6-11(18)9-14(12)24-17/h3-7,9H,8H2,1-2H3,(H,19,20,21). The molecule has 0 aliphatic rings. The van der Waals surface area contributed by atoms with Crippen LogP contribution in [0, 0.1) is 0 Å². The van der Waals surface area contributed by atoms with Crippen molar-refractivity contribution in [2.45, 2.75) is 6.42 Å². The highest BCUT2D eigenvalue weighted by molar-refractivity contribution is 7.22. The van der Waals surface area contributed by atoms with Crippen molar-refractivity contribution >= 4 is 44.2 Å². The van der Waals surface area contributed by atoms with Crippen LogP contribution in [0.3, 0.4) is 0 Å². The number of hydrogen-bond acceptors (Lipinski definition) is 5. The smallest absolute Gasteiger partial charge is 0.230 e. The molecule has 0 aliphatic heterocycles. The summed E-state index contributed by atoms with van der Waals surface area (Å²) in [5, 5.41) is 4.00. The first-order valence-corrected chi connectivity index (χ1v) is 8.36. The first kappa shape index (κ1) is 16.5. The van der Waals surface area contributed by atoms with E-state index in [0.717, 1.165) is 15.8 Å². The van der Waals surface area contributed by atoms with Gasteiger partial charge in [0.1, 0.15) is 0 Å². The summed E-state index contributed by atoms with van der Waals surface area (Å²) in [7, 11) is 3.12. The number of halogens is 1. The molecule has 7 heteroatoms. The fraction of sp³-hybridized carbons (Fsp3) is 0.176. The van der Waals surface area contributed by atoms with Crippen LogP contribution in [0.2, 0.25) is 5.02 Å². The Bertz CT molecular complexity index is 895. The Morgan fingerprint density at radius 2 is 2.08 bits per heavy atom. The third kappa shape index (κ3) is 3.44. The maximum Gasteiger partial charge on any atom is 0.230 e. The van der Waals surface area contributed by atoms with Crippen molar-refractivity contribution in [1.82, 2.24) is 4.98 Å². The lowest BCUT2D eigenvalue weighted by atomic mass is 10.1. The molecule has 24 heavy (non-hydrogen) atoms. The summed E-state index contributed by atoms with van der Waals surface area (Å²) in [6.45, 7) is 0. The third-order valence-corrected chi connectivity index (χ3v) is 4.60. The fourth-order valence-corrected chi connectivity index (χ4v) is 3.54. The minimum atomic E-state index is -0.174. The first-order valence-electron chi connectivity index (χ1n) is 7.16. The van der Waals surface area contributed by atoms with Gasteiger partial charge in [-0.2, -0.15) is 0 Å². The first-order chi connectivity index (χ1) is 11.6. The lowest BCUT2D eigenvalue weighted by Gasteiger charge is -2.12. The zero-order chi connectivity index (χ0) is 17.1. The normalized spacial score (nSPS) is 10.6. The number of amides is 1. The number of hydrogen-bond donors (Lipinski definition) is 1. The molecule has 3 rings (SSSR count). The Labute approximate surface area is 148 Å². The van der Waals surface area contributed by atoms with Crippen molar-refractivity contribution in [3.63, 3.8) is 0 Å². The number of benzene rings is 2. The third-order valence-electron chi connectivity index (χ3n) is 3.43. The highest BCUT2D eigenvalue weighted by atomic mass is 35.5. The van der Waals surface area contributed by atoms with Crippen LogP contribution in [-0.4, -0.2) is 25.1 Å². The van der Waals surface area contributed by atoms with Gasteiger partial charge >= 0.3 is 0 Å². The number of para-hydroxylation sites is 1. The van der Waals surface area contributed by atoms with Crippen LogP contribution < -0.4 is 14.8 Å². The number of anilines is 1. The van der Waals surface area contributed by atoms with E-state index in [2.05, 4.69) is 10.3 Å². The van der Waals surface area contributed by atoms with Crippen molar-refractivity contribution in [2.24, 2.45) is 0 Å². The zero-order valence-electron chi connectivity index (χ0n) is 13.1. The second-order valence-corrected chi connectivity index (χ2v) is 6.48. The molecule has 2 aromatic carbocycles. The number of aromatic nitrogens is 1. The average Bonchev–Trinajstić information content (AvgIpc) is 2.95. The van der Waals surface area contributed by atoms with E-state index < -0.39 is 0 Å². The Balaban J connectivity index is 1.77. The molecule has 3 aromatic rings. The number of methoxy groups -OCH3 is 2. The largest absolute Gasteiger partial charge is 0.493 e. The Kier molecular flexibility index (Phi) is 4.87. The second-order valence-electron chi connectivity index (χ2n) is 5.01. The van der Waals surface area contributed by atoms with E-state index in [-0.39, 0.29) is 12.3 Å². The van der Waals surface area contributed by atoms with E-state index in [1.807, 2.05) is 24.3 Å². The van der Waals surface area contributed by atoms with E-state index in [4.69, 9.17) is 21.1 Å². The summed E-state index contributed by atoms with van der Waals surface area (Å²) in [6.07, 6.45) is 0.164. The number of nitrogens with one attached hydrogen (secondary N) is 1. The quantitative estimate of drug-likeness (QED) is 0.740. The molecule has 1 heterocycles. The highest BCUT2D eigenvalue weighted by Gasteiger charge is 2.14. The van der Waals surface area contributed by atoms with E-state index >= 15 is 0 Å². The number of fused-ring (bicyclic) bond motifs is 1. The van der Waals surface area contributed by atoms with Gasteiger partial charge in [-0.15, -0.1) is 0 Å². The van der Waals surface area contributed by atoms with Crippen molar-refractivity contribution < 1.29 is 14.3 Å². The second kappa shape index (κ2) is 7.07. The lowest BCUT2D eigenvalue weighted by molar-refractivity contribution is -0.115. The van der Waals surface area contributed by atoms with Gasteiger partial charge in [-0.3, -0.25) is 4.79 Å². The maximum absolute atomic E-state index is 12.3. The molecule has 0 saturated carbocycles. The molecule has 1 aromatic heterocycles. The van der Waals surface area contributed by atoms with Gasteiger partial charge in [0.2, 0.25) is 5.91 Å². The van der Waals surface area contributed by atoms with Crippen LogP contribution in [0.5, 0.6) is 11.5 Å². The Morgan fingerprint density at radius 3 is 2.83 bits per heavy atom. The molecule has 1 amide bonds. The van der Waals surface area contributed by atoms with Crippen LogP contribution >= 0.6 is 22.9 Å². The van der Waals surface area contributed by atoms with Gasteiger partial charge < -0.3 is 14.8 Å². The van der Waals surface area contributed by atoms with E-state index in [0.29, 0.717) is 21.7 Å². The van der Waals surface area contributed by atoms with Crippen molar-refractivity contribution in [3.05, 3.63) is 47.0 Å². The molecule has 1 N–H and O–H groups in total. The molecule has 5 nitrogen and oxygen atoms in total. The maximum atomic E-state index is 12.3. The summed E-state index contributed by atoms with van der Waals surface area (Å²) in [6, 6.07) is 10.9. The zero-order valence-corrected chi connectivity index (χ0v) is 14.7. The average molecular weight is 363 g/mol. The van der Waals surface area contributed by atoms with E-state index in [1.165, 1.54) is 11.3 Å².